The van der Waals surface area contributed by atoms with Crippen LogP contribution in [0.1, 0.15) is 46.6 Å². The van der Waals surface area contributed by atoms with E-state index in [1.54, 1.807) is 19.1 Å². The fourth-order valence-electron chi connectivity index (χ4n) is 3.43. The van der Waals surface area contributed by atoms with Gasteiger partial charge in [-0.3, -0.25) is 9.69 Å². The number of nitrogens with one attached hydrogen (secondary N) is 1. The van der Waals surface area contributed by atoms with Crippen LogP contribution in [0.3, 0.4) is 0 Å². The van der Waals surface area contributed by atoms with Gasteiger partial charge in [0.2, 0.25) is 5.91 Å². The van der Waals surface area contributed by atoms with Crippen LogP contribution in [0.5, 0.6) is 0 Å². The molecule has 0 radical (unpaired) electrons. The summed E-state index contributed by atoms with van der Waals surface area (Å²) in [6.07, 6.45) is 1.97. The van der Waals surface area contributed by atoms with E-state index >= 15 is 0 Å². The number of fused-ring (bicyclic) bond motifs is 1. The largest absolute Gasteiger partial charge is 0.462 e. The molecule has 0 atom stereocenters. The highest BCUT2D eigenvalue weighted by molar-refractivity contribution is 7.17. The Morgan fingerprint density at radius 1 is 1.25 bits per heavy atom. The van der Waals surface area contributed by atoms with Crippen molar-refractivity contribution in [2.24, 2.45) is 0 Å². The van der Waals surface area contributed by atoms with Gasteiger partial charge in [0.1, 0.15) is 10.8 Å². The molecule has 0 bridgehead atoms. The predicted molar refractivity (Wildman–Crippen MR) is 108 cm³/mol. The van der Waals surface area contributed by atoms with Gasteiger partial charge in [-0.05, 0) is 49.6 Å². The number of anilines is 1. The minimum Gasteiger partial charge on any atom is -0.462 e. The van der Waals surface area contributed by atoms with Gasteiger partial charge < -0.3 is 10.1 Å². The number of amides is 1. The second-order valence-electron chi connectivity index (χ2n) is 6.81. The van der Waals surface area contributed by atoms with Crippen molar-refractivity contribution in [2.45, 2.75) is 39.7 Å². The maximum atomic E-state index is 13.0. The first kappa shape index (κ1) is 20.5. The van der Waals surface area contributed by atoms with E-state index in [0.29, 0.717) is 16.1 Å². The number of hydrogen-bond acceptors (Lipinski definition) is 5. The topological polar surface area (TPSA) is 58.6 Å². The van der Waals surface area contributed by atoms with Gasteiger partial charge in [0.25, 0.3) is 0 Å². The summed E-state index contributed by atoms with van der Waals surface area (Å²) >= 11 is 1.45. The first-order valence-corrected chi connectivity index (χ1v) is 10.4. The van der Waals surface area contributed by atoms with Crippen LogP contribution in [0, 0.1) is 5.82 Å². The molecule has 28 heavy (non-hydrogen) atoms. The quantitative estimate of drug-likeness (QED) is 0.709. The molecule has 5 nitrogen and oxygen atoms in total. The normalized spacial score (nSPS) is 13.8. The van der Waals surface area contributed by atoms with Gasteiger partial charge in [-0.1, -0.05) is 19.1 Å². The van der Waals surface area contributed by atoms with Crippen molar-refractivity contribution in [3.8, 4) is 0 Å². The third kappa shape index (κ3) is 4.77. The molecule has 1 amide bonds. The number of hydrogen-bond donors (Lipinski definition) is 1. The van der Waals surface area contributed by atoms with Crippen molar-refractivity contribution >= 4 is 28.2 Å². The number of benzene rings is 1. The summed E-state index contributed by atoms with van der Waals surface area (Å²) in [5, 5.41) is 3.43. The van der Waals surface area contributed by atoms with E-state index in [4.69, 9.17) is 4.74 Å². The zero-order chi connectivity index (χ0) is 20.1. The van der Waals surface area contributed by atoms with E-state index in [2.05, 4.69) is 17.1 Å². The van der Waals surface area contributed by atoms with Gasteiger partial charge >= 0.3 is 5.97 Å². The fourth-order valence-corrected chi connectivity index (χ4v) is 4.72. The zero-order valence-electron chi connectivity index (χ0n) is 16.2. The number of esters is 1. The SMILES string of the molecule is CCCN1CCc2c(sc(NC(=O)Cc3ccc(F)cc3)c2C(=O)OCC)C1. The number of carbonyl (C=O) groups excluding carboxylic acids is 2. The summed E-state index contributed by atoms with van der Waals surface area (Å²) in [5.41, 5.74) is 2.20. The predicted octanol–water partition coefficient (Wildman–Crippen LogP) is 4.01. The number of thiophene rings is 1. The summed E-state index contributed by atoms with van der Waals surface area (Å²) < 4.78 is 18.3. The van der Waals surface area contributed by atoms with Crippen LogP contribution < -0.4 is 5.32 Å². The van der Waals surface area contributed by atoms with Crippen molar-refractivity contribution in [2.75, 3.05) is 25.0 Å². The Kier molecular flexibility index (Phi) is 6.80. The molecule has 1 aromatic heterocycles. The Hall–Kier alpha value is -2.25. The smallest absolute Gasteiger partial charge is 0.341 e. The van der Waals surface area contributed by atoms with Crippen molar-refractivity contribution in [3.63, 3.8) is 0 Å². The first-order valence-electron chi connectivity index (χ1n) is 9.60. The van der Waals surface area contributed by atoms with E-state index in [1.807, 2.05) is 0 Å². The Morgan fingerprint density at radius 2 is 2.00 bits per heavy atom. The molecule has 1 aliphatic heterocycles. The minimum atomic E-state index is -0.388. The second kappa shape index (κ2) is 9.30. The monoisotopic (exact) mass is 404 g/mol. The molecule has 0 aliphatic carbocycles. The van der Waals surface area contributed by atoms with Gasteiger partial charge in [0, 0.05) is 18.0 Å². The van der Waals surface area contributed by atoms with Crippen LogP contribution >= 0.6 is 11.3 Å². The molecule has 3 rings (SSSR count). The number of ether oxygens (including phenoxy) is 1. The molecule has 2 heterocycles. The summed E-state index contributed by atoms with van der Waals surface area (Å²) in [4.78, 5) is 28.5. The minimum absolute atomic E-state index is 0.118. The molecule has 150 valence electrons. The van der Waals surface area contributed by atoms with Crippen molar-refractivity contribution < 1.29 is 18.7 Å². The lowest BCUT2D eigenvalue weighted by Gasteiger charge is -2.26. The molecule has 0 unspecified atom stereocenters. The molecule has 0 saturated carbocycles. The van der Waals surface area contributed by atoms with Crippen LogP contribution in [-0.4, -0.2) is 36.5 Å². The number of nitrogens with zero attached hydrogens (tertiary/aromatic N) is 1. The van der Waals surface area contributed by atoms with Gasteiger partial charge in [-0.15, -0.1) is 11.3 Å². The highest BCUT2D eigenvalue weighted by Gasteiger charge is 2.29. The van der Waals surface area contributed by atoms with Crippen molar-refractivity contribution in [3.05, 3.63) is 51.7 Å². The van der Waals surface area contributed by atoms with E-state index in [0.717, 1.165) is 42.9 Å². The number of carbonyl (C=O) groups is 2. The lowest BCUT2D eigenvalue weighted by molar-refractivity contribution is -0.115. The Bertz CT molecular complexity index is 848. The van der Waals surface area contributed by atoms with Crippen LogP contribution in [0.15, 0.2) is 24.3 Å². The highest BCUT2D eigenvalue weighted by Crippen LogP contribution is 2.37. The maximum absolute atomic E-state index is 13.0. The summed E-state index contributed by atoms with van der Waals surface area (Å²) in [6, 6.07) is 5.84. The third-order valence-electron chi connectivity index (χ3n) is 4.69. The Balaban J connectivity index is 1.81. The molecule has 7 heteroatoms. The molecule has 1 aromatic carbocycles. The van der Waals surface area contributed by atoms with E-state index < -0.39 is 0 Å². The maximum Gasteiger partial charge on any atom is 0.341 e. The van der Waals surface area contributed by atoms with E-state index in [9.17, 15) is 14.0 Å². The van der Waals surface area contributed by atoms with Crippen LogP contribution in [0.2, 0.25) is 0 Å². The van der Waals surface area contributed by atoms with Crippen molar-refractivity contribution in [1.82, 2.24) is 4.90 Å². The lowest BCUT2D eigenvalue weighted by Crippen LogP contribution is -2.30. The molecule has 2 aromatic rings. The fraction of sp³-hybridized carbons (Fsp3) is 0.429. The van der Waals surface area contributed by atoms with E-state index in [-0.39, 0.29) is 30.7 Å². The molecular formula is C21H25FN2O3S. The first-order chi connectivity index (χ1) is 13.5. The van der Waals surface area contributed by atoms with Crippen LogP contribution in [0.4, 0.5) is 9.39 Å². The molecule has 0 saturated heterocycles. The standard InChI is InChI=1S/C21H25FN2O3S/c1-3-10-24-11-9-16-17(13-24)28-20(19(16)21(26)27-4-2)23-18(25)12-14-5-7-15(22)8-6-14/h5-8H,3-4,9-13H2,1-2H3,(H,23,25). The van der Waals surface area contributed by atoms with Gasteiger partial charge in [0.15, 0.2) is 0 Å². The van der Waals surface area contributed by atoms with Gasteiger partial charge in [-0.25, -0.2) is 9.18 Å². The molecule has 1 aliphatic rings. The zero-order valence-corrected chi connectivity index (χ0v) is 17.0. The Morgan fingerprint density at radius 3 is 2.68 bits per heavy atom. The van der Waals surface area contributed by atoms with Crippen LogP contribution in [-0.2, 0) is 28.9 Å². The lowest BCUT2D eigenvalue weighted by atomic mass is 10.0. The summed E-state index contributed by atoms with van der Waals surface area (Å²) in [7, 11) is 0. The number of halogens is 1. The molecule has 1 N–H and O–H groups in total. The van der Waals surface area contributed by atoms with Gasteiger partial charge in [-0.2, -0.15) is 0 Å². The molecule has 0 spiro atoms. The summed E-state index contributed by atoms with van der Waals surface area (Å²) in [6.45, 7) is 6.90. The Labute approximate surface area is 168 Å². The van der Waals surface area contributed by atoms with Crippen molar-refractivity contribution in [1.29, 1.82) is 0 Å². The average molecular weight is 405 g/mol. The van der Waals surface area contributed by atoms with E-state index in [1.165, 1.54) is 23.5 Å². The third-order valence-corrected chi connectivity index (χ3v) is 5.82. The van der Waals surface area contributed by atoms with Crippen LogP contribution in [0.25, 0.3) is 0 Å². The molecule has 0 fully saturated rings. The number of rotatable bonds is 7. The average Bonchev–Trinajstić information content (AvgIpc) is 3.01. The summed E-state index contributed by atoms with van der Waals surface area (Å²) in [5.74, 6) is -0.960. The van der Waals surface area contributed by atoms with Gasteiger partial charge in [0.05, 0.1) is 18.6 Å². The molecular weight excluding hydrogens is 379 g/mol. The highest BCUT2D eigenvalue weighted by atomic mass is 32.1. The second-order valence-corrected chi connectivity index (χ2v) is 7.91.